The summed E-state index contributed by atoms with van der Waals surface area (Å²) in [4.78, 5) is 31.8. The SMILES string of the molecule is CCCCN1c2[nH]c(=O)n(C)c(=O)c2N(C)C1c1ccccc1OCC. The molecular formula is C19H26N4O3. The first kappa shape index (κ1) is 18.1. The van der Waals surface area contributed by atoms with Crippen LogP contribution in [0, 0.1) is 0 Å². The molecule has 1 aliphatic heterocycles. The number of unbranched alkanes of at least 4 members (excludes halogenated alkanes) is 1. The van der Waals surface area contributed by atoms with E-state index >= 15 is 0 Å². The summed E-state index contributed by atoms with van der Waals surface area (Å²) in [5, 5.41) is 0. The Morgan fingerprint density at radius 3 is 2.58 bits per heavy atom. The summed E-state index contributed by atoms with van der Waals surface area (Å²) >= 11 is 0. The van der Waals surface area contributed by atoms with Gasteiger partial charge in [0.1, 0.15) is 23.4 Å². The number of aromatic amines is 1. The van der Waals surface area contributed by atoms with Crippen LogP contribution in [0.5, 0.6) is 5.75 Å². The predicted octanol–water partition coefficient (Wildman–Crippen LogP) is 2.23. The van der Waals surface area contributed by atoms with Crippen LogP contribution in [-0.2, 0) is 7.05 Å². The van der Waals surface area contributed by atoms with Crippen LogP contribution in [0.3, 0.4) is 0 Å². The second-order valence-corrected chi connectivity index (χ2v) is 6.49. The maximum atomic E-state index is 12.7. The zero-order valence-electron chi connectivity index (χ0n) is 15.8. The fourth-order valence-electron chi connectivity index (χ4n) is 3.50. The van der Waals surface area contributed by atoms with Crippen LogP contribution in [0.1, 0.15) is 38.4 Å². The van der Waals surface area contributed by atoms with E-state index in [-0.39, 0.29) is 11.7 Å². The number of benzene rings is 1. The molecule has 1 aromatic heterocycles. The van der Waals surface area contributed by atoms with Crippen LogP contribution >= 0.6 is 0 Å². The Kier molecular flexibility index (Phi) is 5.06. The third-order valence-corrected chi connectivity index (χ3v) is 4.81. The summed E-state index contributed by atoms with van der Waals surface area (Å²) in [6, 6.07) is 7.86. The molecule has 3 rings (SSSR count). The van der Waals surface area contributed by atoms with Gasteiger partial charge >= 0.3 is 5.69 Å². The molecule has 0 aliphatic carbocycles. The Balaban J connectivity index is 2.18. The Labute approximate surface area is 152 Å². The number of ether oxygens (including phenoxy) is 1. The minimum Gasteiger partial charge on any atom is -0.493 e. The molecule has 7 nitrogen and oxygen atoms in total. The molecule has 0 saturated heterocycles. The first-order chi connectivity index (χ1) is 12.5. The van der Waals surface area contributed by atoms with Crippen molar-refractivity contribution in [3.05, 3.63) is 50.7 Å². The smallest absolute Gasteiger partial charge is 0.329 e. The molecule has 0 fully saturated rings. The highest BCUT2D eigenvalue weighted by Crippen LogP contribution is 2.44. The monoisotopic (exact) mass is 358 g/mol. The van der Waals surface area contributed by atoms with E-state index in [0.29, 0.717) is 18.1 Å². The van der Waals surface area contributed by atoms with Crippen molar-refractivity contribution in [3.8, 4) is 5.75 Å². The molecule has 2 aromatic rings. The normalized spacial score (nSPS) is 16.1. The molecule has 1 unspecified atom stereocenters. The van der Waals surface area contributed by atoms with E-state index < -0.39 is 5.69 Å². The van der Waals surface area contributed by atoms with E-state index in [1.54, 1.807) is 0 Å². The lowest BCUT2D eigenvalue weighted by Gasteiger charge is -2.31. The Bertz CT molecular complexity index is 902. The topological polar surface area (TPSA) is 70.6 Å². The average molecular weight is 358 g/mol. The maximum absolute atomic E-state index is 12.7. The molecule has 2 heterocycles. The molecule has 0 bridgehead atoms. The summed E-state index contributed by atoms with van der Waals surface area (Å²) in [7, 11) is 3.38. The largest absolute Gasteiger partial charge is 0.493 e. The van der Waals surface area contributed by atoms with Gasteiger partial charge in [0, 0.05) is 26.2 Å². The molecule has 0 amide bonds. The van der Waals surface area contributed by atoms with Gasteiger partial charge in [-0.25, -0.2) is 4.79 Å². The van der Waals surface area contributed by atoms with Crippen molar-refractivity contribution >= 4 is 11.5 Å². The Hall–Kier alpha value is -2.70. The molecule has 0 spiro atoms. The molecule has 0 radical (unpaired) electrons. The molecular weight excluding hydrogens is 332 g/mol. The van der Waals surface area contributed by atoms with E-state index in [1.165, 1.54) is 7.05 Å². The van der Waals surface area contributed by atoms with Crippen molar-refractivity contribution in [2.75, 3.05) is 30.0 Å². The van der Waals surface area contributed by atoms with Crippen LogP contribution in [0.15, 0.2) is 33.9 Å². The molecule has 140 valence electrons. The Morgan fingerprint density at radius 2 is 1.88 bits per heavy atom. The standard InChI is InChI=1S/C19H26N4O3/c1-5-7-12-23-16-15(18(24)22(4)19(25)20-16)21(3)17(23)13-10-8-9-11-14(13)26-6-2/h8-11,17H,5-7,12H2,1-4H3,(H,20,25). The van der Waals surface area contributed by atoms with Crippen molar-refractivity contribution in [3.63, 3.8) is 0 Å². The summed E-state index contributed by atoms with van der Waals surface area (Å²) in [6.45, 7) is 5.37. The number of nitrogens with zero attached hydrogens (tertiary/aromatic N) is 3. The number of nitrogens with one attached hydrogen (secondary N) is 1. The number of anilines is 2. The van der Waals surface area contributed by atoms with Gasteiger partial charge in [0.05, 0.1) is 6.61 Å². The summed E-state index contributed by atoms with van der Waals surface area (Å²) in [5.41, 5.74) is 0.804. The van der Waals surface area contributed by atoms with Gasteiger partial charge in [0.25, 0.3) is 5.56 Å². The van der Waals surface area contributed by atoms with Gasteiger partial charge in [-0.2, -0.15) is 0 Å². The van der Waals surface area contributed by atoms with E-state index in [0.717, 1.165) is 35.3 Å². The molecule has 1 aliphatic rings. The molecule has 0 saturated carbocycles. The fraction of sp³-hybridized carbons (Fsp3) is 0.474. The van der Waals surface area contributed by atoms with E-state index in [9.17, 15) is 9.59 Å². The number of para-hydroxylation sites is 1. The second-order valence-electron chi connectivity index (χ2n) is 6.49. The molecule has 1 atom stereocenters. The van der Waals surface area contributed by atoms with Gasteiger partial charge in [-0.3, -0.25) is 14.3 Å². The summed E-state index contributed by atoms with van der Waals surface area (Å²) in [6.07, 6.45) is 1.77. The number of hydrogen-bond donors (Lipinski definition) is 1. The number of rotatable bonds is 6. The molecule has 1 aromatic carbocycles. The highest BCUT2D eigenvalue weighted by Gasteiger charge is 2.39. The average Bonchev–Trinajstić information content (AvgIpc) is 2.90. The molecule has 7 heteroatoms. The van der Waals surface area contributed by atoms with Crippen LogP contribution < -0.4 is 25.8 Å². The van der Waals surface area contributed by atoms with Gasteiger partial charge in [0.2, 0.25) is 0 Å². The lowest BCUT2D eigenvalue weighted by atomic mass is 10.1. The van der Waals surface area contributed by atoms with Gasteiger partial charge in [0.15, 0.2) is 0 Å². The van der Waals surface area contributed by atoms with E-state index in [4.69, 9.17) is 4.74 Å². The van der Waals surface area contributed by atoms with Gasteiger partial charge < -0.3 is 14.5 Å². The summed E-state index contributed by atoms with van der Waals surface area (Å²) in [5.74, 6) is 1.38. The lowest BCUT2D eigenvalue weighted by Crippen LogP contribution is -2.35. The van der Waals surface area contributed by atoms with Gasteiger partial charge in [-0.15, -0.1) is 0 Å². The minimum atomic E-state index is -0.401. The zero-order valence-corrected chi connectivity index (χ0v) is 15.8. The van der Waals surface area contributed by atoms with Crippen LogP contribution in [-0.4, -0.2) is 29.8 Å². The van der Waals surface area contributed by atoms with Crippen LogP contribution in [0.4, 0.5) is 11.5 Å². The number of fused-ring (bicyclic) bond motifs is 1. The third kappa shape index (κ3) is 2.87. The van der Waals surface area contributed by atoms with Crippen LogP contribution in [0.2, 0.25) is 0 Å². The second kappa shape index (κ2) is 7.27. The maximum Gasteiger partial charge on any atom is 0.329 e. The highest BCUT2D eigenvalue weighted by molar-refractivity contribution is 5.74. The van der Waals surface area contributed by atoms with Crippen molar-refractivity contribution in [1.82, 2.24) is 9.55 Å². The molecule has 1 N–H and O–H groups in total. The quantitative estimate of drug-likeness (QED) is 0.857. The molecule has 26 heavy (non-hydrogen) atoms. The van der Waals surface area contributed by atoms with Gasteiger partial charge in [-0.1, -0.05) is 31.5 Å². The minimum absolute atomic E-state index is 0.204. The fourth-order valence-corrected chi connectivity index (χ4v) is 3.50. The Morgan fingerprint density at radius 1 is 1.15 bits per heavy atom. The van der Waals surface area contributed by atoms with Crippen LogP contribution in [0.25, 0.3) is 0 Å². The predicted molar refractivity (Wildman–Crippen MR) is 103 cm³/mol. The van der Waals surface area contributed by atoms with Crippen molar-refractivity contribution in [1.29, 1.82) is 0 Å². The van der Waals surface area contributed by atoms with E-state index in [1.807, 2.05) is 43.1 Å². The summed E-state index contributed by atoms with van der Waals surface area (Å²) < 4.78 is 6.93. The number of aromatic nitrogens is 2. The first-order valence-electron chi connectivity index (χ1n) is 9.05. The highest BCUT2D eigenvalue weighted by atomic mass is 16.5. The number of hydrogen-bond acceptors (Lipinski definition) is 5. The van der Waals surface area contributed by atoms with E-state index in [2.05, 4.69) is 16.8 Å². The van der Waals surface area contributed by atoms with Crippen molar-refractivity contribution < 1.29 is 4.74 Å². The zero-order chi connectivity index (χ0) is 18.8. The first-order valence-corrected chi connectivity index (χ1v) is 9.05. The van der Waals surface area contributed by atoms with Crippen molar-refractivity contribution in [2.24, 2.45) is 7.05 Å². The lowest BCUT2D eigenvalue weighted by molar-refractivity contribution is 0.333. The third-order valence-electron chi connectivity index (χ3n) is 4.81. The van der Waals surface area contributed by atoms with Crippen molar-refractivity contribution in [2.45, 2.75) is 32.9 Å². The number of H-pyrrole nitrogens is 1. The van der Waals surface area contributed by atoms with Gasteiger partial charge in [-0.05, 0) is 19.4 Å².